The number of aliphatic hydroxyl groups is 1. The average Bonchev–Trinajstić information content (AvgIpc) is 2.90. The molecule has 0 spiro atoms. The number of halogens is 4. The van der Waals surface area contributed by atoms with Gasteiger partial charge < -0.3 is 10.8 Å². The molecule has 3 N–H and O–H groups in total. The SMILES string of the molecule is NC(CO)c1cc(F)c(Cl)c(-n2ncnc2C(F)F)c1. The lowest BCUT2D eigenvalue weighted by molar-refractivity contribution is 0.137. The van der Waals surface area contributed by atoms with Crippen molar-refractivity contribution >= 4 is 11.6 Å². The van der Waals surface area contributed by atoms with Crippen LogP contribution in [0.5, 0.6) is 0 Å². The molecule has 1 atom stereocenters. The number of hydrogen-bond acceptors (Lipinski definition) is 4. The van der Waals surface area contributed by atoms with Crippen LogP contribution in [0.15, 0.2) is 18.5 Å². The van der Waals surface area contributed by atoms with Gasteiger partial charge in [-0.3, -0.25) is 0 Å². The van der Waals surface area contributed by atoms with Gasteiger partial charge in [0.25, 0.3) is 6.43 Å². The number of nitrogens with two attached hydrogens (primary N) is 1. The molecule has 0 aliphatic heterocycles. The van der Waals surface area contributed by atoms with E-state index in [0.29, 0.717) is 0 Å². The Morgan fingerprint density at radius 2 is 2.10 bits per heavy atom. The quantitative estimate of drug-likeness (QED) is 0.905. The molecule has 0 amide bonds. The Morgan fingerprint density at radius 1 is 1.40 bits per heavy atom. The maximum atomic E-state index is 13.7. The minimum Gasteiger partial charge on any atom is -0.394 e. The van der Waals surface area contributed by atoms with Gasteiger partial charge in [0.15, 0.2) is 5.82 Å². The second-order valence-corrected chi connectivity index (χ2v) is 4.33. The Balaban J connectivity index is 2.61. The van der Waals surface area contributed by atoms with E-state index in [2.05, 4.69) is 10.1 Å². The highest BCUT2D eigenvalue weighted by atomic mass is 35.5. The van der Waals surface area contributed by atoms with Crippen LogP contribution in [-0.4, -0.2) is 26.5 Å². The Hall–Kier alpha value is -1.64. The lowest BCUT2D eigenvalue weighted by atomic mass is 10.1. The number of alkyl halides is 2. The summed E-state index contributed by atoms with van der Waals surface area (Å²) in [6.45, 7) is -0.431. The molecule has 0 saturated heterocycles. The Bertz CT molecular complexity index is 620. The molecule has 1 aromatic carbocycles. The molecule has 9 heteroatoms. The van der Waals surface area contributed by atoms with E-state index in [1.165, 1.54) is 6.07 Å². The van der Waals surface area contributed by atoms with Crippen molar-refractivity contribution in [1.82, 2.24) is 14.8 Å². The molecule has 0 saturated carbocycles. The van der Waals surface area contributed by atoms with E-state index >= 15 is 0 Å². The Morgan fingerprint density at radius 3 is 2.70 bits per heavy atom. The minimum atomic E-state index is -2.90. The molecule has 0 radical (unpaired) electrons. The van der Waals surface area contributed by atoms with Crippen LogP contribution in [0.3, 0.4) is 0 Å². The highest BCUT2D eigenvalue weighted by Gasteiger charge is 2.21. The zero-order valence-electron chi connectivity index (χ0n) is 9.97. The van der Waals surface area contributed by atoms with Crippen LogP contribution >= 0.6 is 11.6 Å². The number of rotatable bonds is 4. The standard InChI is InChI=1S/C11H10ClF3N4O/c12-9-6(13)1-5(7(16)3-20)2-8(9)19-11(10(14)15)17-4-18-19/h1-2,4,7,10,20H,3,16H2. The summed E-state index contributed by atoms with van der Waals surface area (Å²) in [5, 5.41) is 12.2. The summed E-state index contributed by atoms with van der Waals surface area (Å²) in [6, 6.07) is 1.46. The summed E-state index contributed by atoms with van der Waals surface area (Å²) in [4.78, 5) is 3.40. The second kappa shape index (κ2) is 5.78. The Kier molecular flexibility index (Phi) is 4.26. The van der Waals surface area contributed by atoms with Gasteiger partial charge in [-0.05, 0) is 17.7 Å². The summed E-state index contributed by atoms with van der Waals surface area (Å²) in [6.07, 6.45) is -1.99. The first-order valence-electron chi connectivity index (χ1n) is 5.49. The number of benzene rings is 1. The second-order valence-electron chi connectivity index (χ2n) is 3.96. The fraction of sp³-hybridized carbons (Fsp3) is 0.273. The monoisotopic (exact) mass is 306 g/mol. The van der Waals surface area contributed by atoms with Crippen LogP contribution in [0, 0.1) is 5.82 Å². The van der Waals surface area contributed by atoms with E-state index in [9.17, 15) is 13.2 Å². The number of nitrogens with zero attached hydrogens (tertiary/aromatic N) is 3. The topological polar surface area (TPSA) is 77.0 Å². The number of aromatic nitrogens is 3. The van der Waals surface area contributed by atoms with Gasteiger partial charge in [-0.25, -0.2) is 22.8 Å². The lowest BCUT2D eigenvalue weighted by Crippen LogP contribution is -2.16. The number of aliphatic hydroxyl groups excluding tert-OH is 1. The van der Waals surface area contributed by atoms with E-state index in [1.807, 2.05) is 0 Å². The molecule has 1 unspecified atom stereocenters. The first-order valence-corrected chi connectivity index (χ1v) is 5.87. The summed E-state index contributed by atoms with van der Waals surface area (Å²) in [5.41, 5.74) is 5.68. The van der Waals surface area contributed by atoms with Gasteiger partial charge in [-0.1, -0.05) is 11.6 Å². The molecule has 1 aromatic heterocycles. The average molecular weight is 307 g/mol. The van der Waals surface area contributed by atoms with Crippen molar-refractivity contribution in [2.24, 2.45) is 5.73 Å². The normalized spacial score (nSPS) is 12.9. The van der Waals surface area contributed by atoms with Crippen molar-refractivity contribution in [3.8, 4) is 5.69 Å². The van der Waals surface area contributed by atoms with Gasteiger partial charge in [-0.2, -0.15) is 5.10 Å². The zero-order chi connectivity index (χ0) is 14.9. The molecule has 5 nitrogen and oxygen atoms in total. The maximum Gasteiger partial charge on any atom is 0.297 e. The number of hydrogen-bond donors (Lipinski definition) is 2. The molecule has 0 bridgehead atoms. The predicted octanol–water partition coefficient (Wildman–Crippen LogP) is 1.99. The van der Waals surface area contributed by atoms with Gasteiger partial charge in [0.05, 0.1) is 18.3 Å². The molecular formula is C11H10ClF3N4O. The summed E-state index contributed by atoms with van der Waals surface area (Å²) >= 11 is 5.77. The molecular weight excluding hydrogens is 297 g/mol. The summed E-state index contributed by atoms with van der Waals surface area (Å²) in [7, 11) is 0. The van der Waals surface area contributed by atoms with E-state index in [1.54, 1.807) is 0 Å². The highest BCUT2D eigenvalue weighted by molar-refractivity contribution is 6.32. The fourth-order valence-corrected chi connectivity index (χ4v) is 1.84. The first-order chi connectivity index (χ1) is 9.45. The third-order valence-corrected chi connectivity index (χ3v) is 3.03. The zero-order valence-corrected chi connectivity index (χ0v) is 10.7. The third kappa shape index (κ3) is 2.62. The fourth-order valence-electron chi connectivity index (χ4n) is 1.65. The molecule has 0 aliphatic rings. The van der Waals surface area contributed by atoms with Crippen molar-refractivity contribution in [2.45, 2.75) is 12.5 Å². The van der Waals surface area contributed by atoms with Crippen molar-refractivity contribution in [2.75, 3.05) is 6.61 Å². The summed E-state index contributed by atoms with van der Waals surface area (Å²) in [5.74, 6) is -1.51. The van der Waals surface area contributed by atoms with Gasteiger partial charge in [-0.15, -0.1) is 0 Å². The van der Waals surface area contributed by atoms with E-state index in [4.69, 9.17) is 22.4 Å². The van der Waals surface area contributed by atoms with Crippen LogP contribution in [0.4, 0.5) is 13.2 Å². The summed E-state index contributed by atoms with van der Waals surface area (Å²) < 4.78 is 40.0. The van der Waals surface area contributed by atoms with Crippen molar-refractivity contribution < 1.29 is 18.3 Å². The predicted molar refractivity (Wildman–Crippen MR) is 65.3 cm³/mol. The third-order valence-electron chi connectivity index (χ3n) is 2.65. The van der Waals surface area contributed by atoms with Crippen molar-refractivity contribution in [1.29, 1.82) is 0 Å². The van der Waals surface area contributed by atoms with Gasteiger partial charge in [0.1, 0.15) is 17.2 Å². The molecule has 0 fully saturated rings. The van der Waals surface area contributed by atoms with E-state index in [0.717, 1.165) is 17.1 Å². The lowest BCUT2D eigenvalue weighted by Gasteiger charge is -2.14. The molecule has 108 valence electrons. The molecule has 1 heterocycles. The molecule has 0 aliphatic carbocycles. The van der Waals surface area contributed by atoms with E-state index < -0.39 is 30.7 Å². The van der Waals surface area contributed by atoms with Crippen LogP contribution in [0.1, 0.15) is 23.9 Å². The maximum absolute atomic E-state index is 13.7. The van der Waals surface area contributed by atoms with Crippen molar-refractivity contribution in [3.05, 3.63) is 40.7 Å². The molecule has 2 aromatic rings. The largest absolute Gasteiger partial charge is 0.394 e. The van der Waals surface area contributed by atoms with Crippen LogP contribution < -0.4 is 5.73 Å². The highest BCUT2D eigenvalue weighted by Crippen LogP contribution is 2.29. The first kappa shape index (κ1) is 14.8. The van der Waals surface area contributed by atoms with Crippen LogP contribution in [0.25, 0.3) is 5.69 Å². The smallest absolute Gasteiger partial charge is 0.297 e. The van der Waals surface area contributed by atoms with Crippen LogP contribution in [-0.2, 0) is 0 Å². The Labute approximate surface area is 116 Å². The minimum absolute atomic E-state index is 0.113. The van der Waals surface area contributed by atoms with Gasteiger partial charge >= 0.3 is 0 Å². The molecule has 20 heavy (non-hydrogen) atoms. The van der Waals surface area contributed by atoms with Gasteiger partial charge in [0.2, 0.25) is 0 Å². The molecule has 2 rings (SSSR count). The van der Waals surface area contributed by atoms with Gasteiger partial charge in [0, 0.05) is 0 Å². The van der Waals surface area contributed by atoms with Crippen LogP contribution in [0.2, 0.25) is 5.02 Å². The van der Waals surface area contributed by atoms with Crippen molar-refractivity contribution in [3.63, 3.8) is 0 Å². The van der Waals surface area contributed by atoms with E-state index in [-0.39, 0.29) is 16.3 Å².